The van der Waals surface area contributed by atoms with Gasteiger partial charge in [-0.25, -0.2) is 4.98 Å². The summed E-state index contributed by atoms with van der Waals surface area (Å²) < 4.78 is 4.08. The molecule has 0 bridgehead atoms. The van der Waals surface area contributed by atoms with E-state index in [-0.39, 0.29) is 0 Å². The zero-order chi connectivity index (χ0) is 18.2. The van der Waals surface area contributed by atoms with Gasteiger partial charge in [0.15, 0.2) is 5.82 Å². The average molecular weight is 374 g/mol. The Hall–Kier alpha value is -3.06. The van der Waals surface area contributed by atoms with Crippen LogP contribution in [0.25, 0.3) is 16.0 Å². The van der Waals surface area contributed by atoms with Gasteiger partial charge in [-0.05, 0) is 17.7 Å². The lowest BCUT2D eigenvalue weighted by molar-refractivity contribution is 0.687. The fourth-order valence-corrected chi connectivity index (χ4v) is 4.24. The molecule has 0 unspecified atom stereocenters. The van der Waals surface area contributed by atoms with E-state index in [1.54, 1.807) is 11.3 Å². The minimum atomic E-state index is 0.610. The summed E-state index contributed by atoms with van der Waals surface area (Å²) in [5, 5.41) is 14.5. The second-order valence-electron chi connectivity index (χ2n) is 6.43. The molecule has 0 aliphatic carbocycles. The van der Waals surface area contributed by atoms with Crippen LogP contribution >= 0.6 is 11.3 Å². The predicted molar refractivity (Wildman–Crippen MR) is 106 cm³/mol. The van der Waals surface area contributed by atoms with Crippen LogP contribution in [0, 0.1) is 0 Å². The zero-order valence-corrected chi connectivity index (χ0v) is 15.7. The number of hydrogen-bond acceptors (Lipinski definition) is 5. The van der Waals surface area contributed by atoms with E-state index >= 15 is 0 Å². The van der Waals surface area contributed by atoms with Gasteiger partial charge in [0.2, 0.25) is 4.96 Å². The van der Waals surface area contributed by atoms with E-state index < -0.39 is 0 Å². The second kappa shape index (κ2) is 6.59. The SMILES string of the molecule is CCc1nc2ccccc2n1Cc1nnc2sc(Cc3ccccc3)nn12. The van der Waals surface area contributed by atoms with Crippen molar-refractivity contribution in [3.8, 4) is 0 Å². The summed E-state index contributed by atoms with van der Waals surface area (Å²) in [6.07, 6.45) is 1.68. The first-order chi connectivity index (χ1) is 13.3. The third kappa shape index (κ3) is 2.90. The van der Waals surface area contributed by atoms with Crippen LogP contribution in [-0.4, -0.2) is 29.4 Å². The Balaban J connectivity index is 1.51. The van der Waals surface area contributed by atoms with E-state index in [1.165, 1.54) is 5.56 Å². The molecule has 0 aliphatic heterocycles. The quantitative estimate of drug-likeness (QED) is 0.470. The molecule has 0 saturated carbocycles. The summed E-state index contributed by atoms with van der Waals surface area (Å²) in [5.74, 6) is 1.88. The summed E-state index contributed by atoms with van der Waals surface area (Å²) in [5.41, 5.74) is 3.38. The Kier molecular flexibility index (Phi) is 3.94. The molecule has 134 valence electrons. The fourth-order valence-electron chi connectivity index (χ4n) is 3.35. The first-order valence-electron chi connectivity index (χ1n) is 9.00. The number of fused-ring (bicyclic) bond motifs is 2. The number of aryl methyl sites for hydroxylation is 1. The normalized spacial score (nSPS) is 11.6. The molecule has 5 rings (SSSR count). The van der Waals surface area contributed by atoms with Crippen LogP contribution in [0.15, 0.2) is 54.6 Å². The molecule has 0 saturated heterocycles. The van der Waals surface area contributed by atoms with E-state index in [9.17, 15) is 0 Å². The summed E-state index contributed by atoms with van der Waals surface area (Å²) in [6, 6.07) is 18.6. The molecule has 27 heavy (non-hydrogen) atoms. The van der Waals surface area contributed by atoms with Gasteiger partial charge < -0.3 is 4.57 Å². The fraction of sp³-hybridized carbons (Fsp3) is 0.200. The first kappa shape index (κ1) is 16.1. The van der Waals surface area contributed by atoms with Gasteiger partial charge in [-0.3, -0.25) is 0 Å². The highest BCUT2D eigenvalue weighted by molar-refractivity contribution is 7.16. The van der Waals surface area contributed by atoms with Crippen molar-refractivity contribution in [3.63, 3.8) is 0 Å². The molecular formula is C20H18N6S. The Morgan fingerprint density at radius 2 is 1.74 bits per heavy atom. The highest BCUT2D eigenvalue weighted by atomic mass is 32.1. The Morgan fingerprint density at radius 3 is 2.59 bits per heavy atom. The van der Waals surface area contributed by atoms with Gasteiger partial charge >= 0.3 is 0 Å². The minimum Gasteiger partial charge on any atom is -0.320 e. The van der Waals surface area contributed by atoms with E-state index in [0.717, 1.165) is 45.5 Å². The van der Waals surface area contributed by atoms with Gasteiger partial charge in [0, 0.05) is 12.8 Å². The number of nitrogens with zero attached hydrogens (tertiary/aromatic N) is 6. The molecular weight excluding hydrogens is 356 g/mol. The third-order valence-electron chi connectivity index (χ3n) is 4.64. The van der Waals surface area contributed by atoms with E-state index in [4.69, 9.17) is 10.1 Å². The van der Waals surface area contributed by atoms with E-state index in [0.29, 0.717) is 6.54 Å². The van der Waals surface area contributed by atoms with Crippen LogP contribution in [0.4, 0.5) is 0 Å². The maximum absolute atomic E-state index is 4.76. The average Bonchev–Trinajstić information content (AvgIpc) is 3.37. The smallest absolute Gasteiger partial charge is 0.234 e. The van der Waals surface area contributed by atoms with Crippen LogP contribution in [0.1, 0.15) is 29.1 Å². The highest BCUT2D eigenvalue weighted by Gasteiger charge is 2.16. The third-order valence-corrected chi connectivity index (χ3v) is 5.54. The summed E-state index contributed by atoms with van der Waals surface area (Å²) in [4.78, 5) is 5.57. The summed E-state index contributed by atoms with van der Waals surface area (Å²) >= 11 is 1.59. The van der Waals surface area contributed by atoms with Gasteiger partial charge in [-0.1, -0.05) is 60.7 Å². The molecule has 2 aromatic carbocycles. The van der Waals surface area contributed by atoms with Crippen molar-refractivity contribution in [1.82, 2.24) is 29.4 Å². The number of aromatic nitrogens is 6. The standard InChI is InChI=1S/C20H18N6S/c1-2-17-21-15-10-6-7-11-16(15)25(17)13-18-22-23-20-26(18)24-19(27-20)12-14-8-4-3-5-9-14/h3-11H,2,12-13H2,1H3. The number of benzene rings is 2. The summed E-state index contributed by atoms with van der Waals surface area (Å²) in [7, 11) is 0. The molecule has 3 heterocycles. The van der Waals surface area contributed by atoms with E-state index in [1.807, 2.05) is 28.8 Å². The Morgan fingerprint density at radius 1 is 0.926 bits per heavy atom. The molecule has 0 spiro atoms. The van der Waals surface area contributed by atoms with Crippen molar-refractivity contribution in [2.45, 2.75) is 26.3 Å². The van der Waals surface area contributed by atoms with Crippen molar-refractivity contribution in [2.24, 2.45) is 0 Å². The number of hydrogen-bond donors (Lipinski definition) is 0. The lowest BCUT2D eigenvalue weighted by Crippen LogP contribution is -2.08. The van der Waals surface area contributed by atoms with Crippen LogP contribution in [0.2, 0.25) is 0 Å². The van der Waals surface area contributed by atoms with Crippen molar-refractivity contribution in [3.05, 3.63) is 76.8 Å². The molecule has 0 radical (unpaired) electrons. The molecule has 0 N–H and O–H groups in total. The predicted octanol–water partition coefficient (Wildman–Crippen LogP) is 3.74. The van der Waals surface area contributed by atoms with Crippen molar-refractivity contribution in [2.75, 3.05) is 0 Å². The zero-order valence-electron chi connectivity index (χ0n) is 14.9. The van der Waals surface area contributed by atoms with Crippen LogP contribution < -0.4 is 0 Å². The largest absolute Gasteiger partial charge is 0.320 e. The van der Waals surface area contributed by atoms with Crippen LogP contribution in [-0.2, 0) is 19.4 Å². The van der Waals surface area contributed by atoms with Gasteiger partial charge in [0.05, 0.1) is 17.6 Å². The first-order valence-corrected chi connectivity index (χ1v) is 9.81. The topological polar surface area (TPSA) is 60.9 Å². The monoisotopic (exact) mass is 374 g/mol. The molecule has 3 aromatic heterocycles. The molecule has 0 amide bonds. The molecule has 5 aromatic rings. The maximum Gasteiger partial charge on any atom is 0.234 e. The number of para-hydroxylation sites is 2. The summed E-state index contributed by atoms with van der Waals surface area (Å²) in [6.45, 7) is 2.73. The molecule has 0 aliphatic rings. The Labute approximate surface area is 160 Å². The molecule has 0 atom stereocenters. The number of rotatable bonds is 5. The lowest BCUT2D eigenvalue weighted by Gasteiger charge is -2.05. The molecule has 0 fully saturated rings. The van der Waals surface area contributed by atoms with Crippen molar-refractivity contribution < 1.29 is 0 Å². The van der Waals surface area contributed by atoms with Gasteiger partial charge in [-0.15, -0.1) is 10.2 Å². The van der Waals surface area contributed by atoms with E-state index in [2.05, 4.69) is 52.0 Å². The van der Waals surface area contributed by atoms with Gasteiger partial charge in [0.1, 0.15) is 10.8 Å². The van der Waals surface area contributed by atoms with Crippen LogP contribution in [0.3, 0.4) is 0 Å². The second-order valence-corrected chi connectivity index (χ2v) is 7.47. The molecule has 6 nitrogen and oxygen atoms in total. The lowest BCUT2D eigenvalue weighted by atomic mass is 10.2. The van der Waals surface area contributed by atoms with Crippen LogP contribution in [0.5, 0.6) is 0 Å². The number of imidazole rings is 1. The van der Waals surface area contributed by atoms with Crippen molar-refractivity contribution in [1.29, 1.82) is 0 Å². The minimum absolute atomic E-state index is 0.610. The van der Waals surface area contributed by atoms with Crippen molar-refractivity contribution >= 4 is 27.3 Å². The molecule has 7 heteroatoms. The van der Waals surface area contributed by atoms with Gasteiger partial charge in [-0.2, -0.15) is 9.61 Å². The maximum atomic E-state index is 4.76. The van der Waals surface area contributed by atoms with Gasteiger partial charge in [0.25, 0.3) is 0 Å². The highest BCUT2D eigenvalue weighted by Crippen LogP contribution is 2.21. The Bertz CT molecular complexity index is 1220.